The Morgan fingerprint density at radius 2 is 2.22 bits per heavy atom. The minimum Gasteiger partial charge on any atom is -0.508 e. The van der Waals surface area contributed by atoms with E-state index in [0.717, 1.165) is 30.9 Å². The molecule has 1 amide bonds. The average molecular weight is 272 g/mol. The van der Waals surface area contributed by atoms with Crippen molar-refractivity contribution in [2.24, 2.45) is 0 Å². The van der Waals surface area contributed by atoms with Crippen LogP contribution in [0.25, 0.3) is 0 Å². The monoisotopic (exact) mass is 272 g/mol. The van der Waals surface area contributed by atoms with Gasteiger partial charge in [0.1, 0.15) is 11.6 Å². The molecule has 1 saturated carbocycles. The number of hydrazine groups is 1. The first-order valence-corrected chi connectivity index (χ1v) is 6.57. The maximum absolute atomic E-state index is 13.6. The van der Waals surface area contributed by atoms with Crippen molar-refractivity contribution in [3.05, 3.63) is 29.1 Å². The lowest BCUT2D eigenvalue weighted by Crippen LogP contribution is -2.35. The number of nitrogens with one attached hydrogen (secondary N) is 1. The summed E-state index contributed by atoms with van der Waals surface area (Å²) in [4.78, 5) is 11.7. The Bertz CT molecular complexity index is 480. The first kappa shape index (κ1) is 13.1. The van der Waals surface area contributed by atoms with Gasteiger partial charge >= 0.3 is 0 Å². The normalized spacial score (nSPS) is 14.9. The van der Waals surface area contributed by atoms with Gasteiger partial charge in [0.15, 0.2) is 0 Å². The van der Waals surface area contributed by atoms with Crippen LogP contribution in [0.2, 0.25) is 0 Å². The van der Waals surface area contributed by atoms with Gasteiger partial charge < -0.3 is 5.11 Å². The van der Waals surface area contributed by atoms with Gasteiger partial charge in [-0.25, -0.2) is 4.39 Å². The summed E-state index contributed by atoms with van der Waals surface area (Å²) in [5.74, 6) is -1.50. The minimum atomic E-state index is -0.816. The third kappa shape index (κ3) is 2.74. The number of amides is 1. The van der Waals surface area contributed by atoms with E-state index in [-0.39, 0.29) is 17.2 Å². The molecule has 1 aliphatic carbocycles. The zero-order chi connectivity index (χ0) is 13.3. The first-order valence-electron chi connectivity index (χ1n) is 5.39. The lowest BCUT2D eigenvalue weighted by atomic mass is 10.0. The molecule has 1 aliphatic rings. The molecule has 0 radical (unpaired) electrons. The third-order valence-corrected chi connectivity index (χ3v) is 3.19. The van der Waals surface area contributed by atoms with Crippen molar-refractivity contribution >= 4 is 17.9 Å². The smallest absolute Gasteiger partial charge is 0.271 e. The Morgan fingerprint density at radius 3 is 2.78 bits per heavy atom. The fourth-order valence-corrected chi connectivity index (χ4v) is 1.84. The molecule has 0 heterocycles. The zero-order valence-corrected chi connectivity index (χ0v) is 10.5. The van der Waals surface area contributed by atoms with Crippen LogP contribution in [0.3, 0.4) is 0 Å². The molecule has 7 heteroatoms. The molecular weight excluding hydrogens is 259 g/mol. The lowest BCUT2D eigenvalue weighted by molar-refractivity contribution is -0.0242. The summed E-state index contributed by atoms with van der Waals surface area (Å²) < 4.78 is 14.1. The first-order chi connectivity index (χ1) is 8.52. The lowest BCUT2D eigenvalue weighted by Gasteiger charge is -2.13. The highest BCUT2D eigenvalue weighted by Gasteiger charge is 2.28. The van der Waals surface area contributed by atoms with Crippen LogP contribution in [0.5, 0.6) is 5.75 Å². The molecule has 0 unspecified atom stereocenters. The van der Waals surface area contributed by atoms with Crippen molar-refractivity contribution in [3.63, 3.8) is 0 Å². The second-order valence-corrected chi connectivity index (χ2v) is 4.77. The number of halogens is 1. The van der Waals surface area contributed by atoms with Gasteiger partial charge in [0.05, 0.1) is 5.56 Å². The predicted octanol–water partition coefficient (Wildman–Crippen LogP) is 2.02. The number of benzene rings is 1. The fourth-order valence-electron chi connectivity index (χ4n) is 1.67. The highest BCUT2D eigenvalue weighted by molar-refractivity contribution is 7.96. The van der Waals surface area contributed by atoms with Crippen LogP contribution in [0.4, 0.5) is 4.39 Å². The largest absolute Gasteiger partial charge is 0.508 e. The molecule has 1 fully saturated rings. The molecule has 0 bridgehead atoms. The number of phenols is 1. The van der Waals surface area contributed by atoms with E-state index in [9.17, 15) is 14.3 Å². The predicted molar refractivity (Wildman–Crippen MR) is 64.6 cm³/mol. The van der Waals surface area contributed by atoms with Crippen molar-refractivity contribution in [1.29, 1.82) is 0 Å². The maximum atomic E-state index is 13.6. The molecule has 0 atom stereocenters. The maximum Gasteiger partial charge on any atom is 0.271 e. The van der Waals surface area contributed by atoms with Crippen molar-refractivity contribution in [3.8, 4) is 5.75 Å². The molecule has 0 aliphatic heterocycles. The molecule has 2 rings (SSSR count). The van der Waals surface area contributed by atoms with Gasteiger partial charge in [0.25, 0.3) is 5.91 Å². The highest BCUT2D eigenvalue weighted by Crippen LogP contribution is 2.44. The zero-order valence-electron chi connectivity index (χ0n) is 9.68. The minimum absolute atomic E-state index is 0.128. The van der Waals surface area contributed by atoms with Crippen LogP contribution in [-0.2, 0) is 0 Å². The number of aromatic hydroxyl groups is 1. The van der Waals surface area contributed by atoms with Crippen molar-refractivity contribution in [2.75, 3.05) is 6.26 Å². The molecule has 0 aromatic heterocycles. The third-order valence-electron chi connectivity index (χ3n) is 2.75. The number of carbonyl (C=O) groups is 1. The van der Waals surface area contributed by atoms with E-state index >= 15 is 0 Å². The Balaban J connectivity index is 2.26. The van der Waals surface area contributed by atoms with Gasteiger partial charge in [-0.2, -0.15) is 0 Å². The number of nitrogens with zero attached hydrogens (tertiary/aromatic N) is 1. The quantitative estimate of drug-likeness (QED) is 0.577. The SMILES string of the molecule is CSN(O)NC(=O)c1cc(C2CC2)c(O)cc1F. The molecule has 1 aromatic rings. The van der Waals surface area contributed by atoms with Crippen LogP contribution in [-0.4, -0.2) is 27.1 Å². The van der Waals surface area contributed by atoms with E-state index in [2.05, 4.69) is 5.43 Å². The number of hydrogen-bond donors (Lipinski definition) is 3. The van der Waals surface area contributed by atoms with E-state index in [1.165, 1.54) is 6.07 Å². The van der Waals surface area contributed by atoms with Gasteiger partial charge in [0, 0.05) is 12.3 Å². The van der Waals surface area contributed by atoms with Crippen molar-refractivity contribution in [2.45, 2.75) is 18.8 Å². The Hall–Kier alpha value is -1.31. The summed E-state index contributed by atoms with van der Waals surface area (Å²) in [6.45, 7) is 0. The molecule has 5 nitrogen and oxygen atoms in total. The topological polar surface area (TPSA) is 72.8 Å². The average Bonchev–Trinajstić information content (AvgIpc) is 3.12. The standard InChI is InChI=1S/C11H13FN2O3S/c1-18-14(17)13-11(16)8-4-7(6-2-3-6)10(15)5-9(8)12/h4-6,15,17H,2-3H2,1H3,(H,13,16). The number of carbonyl (C=O) groups excluding carboxylic acids is 1. The second-order valence-electron chi connectivity index (χ2n) is 4.06. The molecule has 18 heavy (non-hydrogen) atoms. The van der Waals surface area contributed by atoms with E-state index < -0.39 is 11.7 Å². The molecule has 1 aromatic carbocycles. The van der Waals surface area contributed by atoms with Gasteiger partial charge in [0.2, 0.25) is 0 Å². The van der Waals surface area contributed by atoms with Crippen molar-refractivity contribution < 1.29 is 19.5 Å². The van der Waals surface area contributed by atoms with Crippen LogP contribution in [0, 0.1) is 5.82 Å². The summed E-state index contributed by atoms with van der Waals surface area (Å²) >= 11 is 0.865. The molecule has 0 spiro atoms. The molecule has 3 N–H and O–H groups in total. The number of phenolic OH excluding ortho intramolecular Hbond substituents is 1. The van der Waals surface area contributed by atoms with Gasteiger partial charge in [-0.1, -0.05) is 0 Å². The summed E-state index contributed by atoms with van der Waals surface area (Å²) in [6, 6.07) is 2.27. The van der Waals surface area contributed by atoms with Gasteiger partial charge in [-0.15, -0.1) is 0 Å². The summed E-state index contributed by atoms with van der Waals surface area (Å²) in [6.07, 6.45) is 3.40. The van der Waals surface area contributed by atoms with Crippen LogP contribution < -0.4 is 5.43 Å². The Morgan fingerprint density at radius 1 is 1.56 bits per heavy atom. The Kier molecular flexibility index (Phi) is 3.74. The van der Waals surface area contributed by atoms with E-state index in [4.69, 9.17) is 5.21 Å². The van der Waals surface area contributed by atoms with E-state index in [1.54, 1.807) is 6.26 Å². The summed E-state index contributed by atoms with van der Waals surface area (Å²) in [5, 5.41) is 18.7. The molecular formula is C11H13FN2O3S. The highest BCUT2D eigenvalue weighted by atomic mass is 32.2. The summed E-state index contributed by atoms with van der Waals surface area (Å²) in [7, 11) is 0. The molecule has 0 saturated heterocycles. The Labute approximate surface area is 108 Å². The van der Waals surface area contributed by atoms with Crippen molar-refractivity contribution in [1.82, 2.24) is 10.0 Å². The van der Waals surface area contributed by atoms with Crippen LogP contribution >= 0.6 is 11.9 Å². The fraction of sp³-hybridized carbons (Fsp3) is 0.364. The van der Waals surface area contributed by atoms with Gasteiger partial charge in [-0.3, -0.25) is 15.4 Å². The van der Waals surface area contributed by atoms with Crippen LogP contribution in [0.15, 0.2) is 12.1 Å². The van der Waals surface area contributed by atoms with Gasteiger partial charge in [-0.05, 0) is 46.9 Å². The summed E-state index contributed by atoms with van der Waals surface area (Å²) in [5.41, 5.74) is 2.47. The van der Waals surface area contributed by atoms with E-state index in [1.807, 2.05) is 0 Å². The second kappa shape index (κ2) is 5.13. The number of rotatable bonds is 4. The van der Waals surface area contributed by atoms with E-state index in [0.29, 0.717) is 10.1 Å². The van der Waals surface area contributed by atoms with Crippen LogP contribution in [0.1, 0.15) is 34.7 Å². The number of hydrogen-bond acceptors (Lipinski definition) is 5. The molecule has 98 valence electrons.